The minimum Gasteiger partial charge on any atom is -0.387 e. The van der Waals surface area contributed by atoms with Crippen LogP contribution in [0.1, 0.15) is 29.8 Å². The van der Waals surface area contributed by atoms with Gasteiger partial charge in [0.05, 0.1) is 0 Å². The Morgan fingerprint density at radius 2 is 2.17 bits per heavy atom. The molecule has 7 nitrogen and oxygen atoms in total. The summed E-state index contributed by atoms with van der Waals surface area (Å²) in [4.78, 5) is 30.3. The molecule has 0 aliphatic carbocycles. The molecule has 18 heavy (non-hydrogen) atoms. The number of carbonyl (C=O) groups excluding carboxylic acids is 2. The molecule has 1 rings (SSSR count). The first-order valence-electron chi connectivity index (χ1n) is 5.63. The second-order valence-electron chi connectivity index (χ2n) is 3.69. The second-order valence-corrected chi connectivity index (χ2v) is 3.69. The molecule has 0 fully saturated rings. The summed E-state index contributed by atoms with van der Waals surface area (Å²) in [6, 6.07) is 0.539. The quantitative estimate of drug-likeness (QED) is 0.402. The summed E-state index contributed by atoms with van der Waals surface area (Å²) < 4.78 is 4.60. The highest BCUT2D eigenvalue weighted by atomic mass is 16.6. The third-order valence-electron chi connectivity index (χ3n) is 2.26. The SMILES string of the molecule is NCCCC[C@H](N)C(=O)OC(=O)c1ccncn1. The van der Waals surface area contributed by atoms with Crippen LogP contribution in [-0.2, 0) is 9.53 Å². The third kappa shape index (κ3) is 4.56. The minimum atomic E-state index is -0.823. The van der Waals surface area contributed by atoms with Gasteiger partial charge in [-0.25, -0.2) is 19.6 Å². The number of ether oxygens (including phenoxy) is 1. The maximum absolute atomic E-state index is 11.5. The average Bonchev–Trinajstić information content (AvgIpc) is 2.39. The van der Waals surface area contributed by atoms with Gasteiger partial charge in [-0.2, -0.15) is 0 Å². The Morgan fingerprint density at radius 3 is 2.78 bits per heavy atom. The van der Waals surface area contributed by atoms with E-state index in [0.29, 0.717) is 19.4 Å². The monoisotopic (exact) mass is 252 g/mol. The smallest absolute Gasteiger partial charge is 0.364 e. The van der Waals surface area contributed by atoms with Crippen LogP contribution in [0.25, 0.3) is 0 Å². The van der Waals surface area contributed by atoms with Crippen LogP contribution in [-0.4, -0.2) is 34.5 Å². The molecular weight excluding hydrogens is 236 g/mol. The fraction of sp³-hybridized carbons (Fsp3) is 0.455. The first-order valence-corrected chi connectivity index (χ1v) is 5.63. The summed E-state index contributed by atoms with van der Waals surface area (Å²) in [7, 11) is 0. The molecular formula is C11H16N4O3. The summed E-state index contributed by atoms with van der Waals surface area (Å²) in [6.07, 6.45) is 4.51. The molecule has 0 saturated heterocycles. The lowest BCUT2D eigenvalue weighted by Crippen LogP contribution is -2.34. The van der Waals surface area contributed by atoms with Crippen LogP contribution < -0.4 is 11.5 Å². The van der Waals surface area contributed by atoms with Gasteiger partial charge >= 0.3 is 11.9 Å². The zero-order valence-electron chi connectivity index (χ0n) is 9.91. The van der Waals surface area contributed by atoms with Crippen molar-refractivity contribution < 1.29 is 14.3 Å². The van der Waals surface area contributed by atoms with Crippen molar-refractivity contribution in [3.8, 4) is 0 Å². The molecule has 7 heteroatoms. The van der Waals surface area contributed by atoms with Gasteiger partial charge in [0.25, 0.3) is 0 Å². The van der Waals surface area contributed by atoms with E-state index in [9.17, 15) is 9.59 Å². The van der Waals surface area contributed by atoms with E-state index in [-0.39, 0.29) is 5.69 Å². The van der Waals surface area contributed by atoms with E-state index in [2.05, 4.69) is 14.7 Å². The summed E-state index contributed by atoms with van der Waals surface area (Å²) >= 11 is 0. The van der Waals surface area contributed by atoms with Gasteiger partial charge in [-0.1, -0.05) is 6.42 Å². The molecule has 0 bridgehead atoms. The van der Waals surface area contributed by atoms with Crippen molar-refractivity contribution in [3.05, 3.63) is 24.3 Å². The number of nitrogens with two attached hydrogens (primary N) is 2. The second kappa shape index (κ2) is 7.46. The zero-order valence-corrected chi connectivity index (χ0v) is 9.91. The average molecular weight is 252 g/mol. The van der Waals surface area contributed by atoms with Gasteiger partial charge in [0.15, 0.2) is 5.69 Å². The third-order valence-corrected chi connectivity index (χ3v) is 2.26. The predicted molar refractivity (Wildman–Crippen MR) is 63.3 cm³/mol. The summed E-state index contributed by atoms with van der Waals surface area (Å²) in [6.45, 7) is 0.543. The van der Waals surface area contributed by atoms with Crippen LogP contribution in [0.3, 0.4) is 0 Å². The Kier molecular flexibility index (Phi) is 5.89. The van der Waals surface area contributed by atoms with E-state index < -0.39 is 18.0 Å². The molecule has 0 aliphatic heterocycles. The predicted octanol–water partition coefficient (Wildman–Crippen LogP) is -0.384. The number of esters is 2. The fourth-order valence-electron chi connectivity index (χ4n) is 1.26. The van der Waals surface area contributed by atoms with E-state index in [1.54, 1.807) is 0 Å². The van der Waals surface area contributed by atoms with E-state index in [0.717, 1.165) is 6.42 Å². The van der Waals surface area contributed by atoms with Crippen molar-refractivity contribution >= 4 is 11.9 Å². The van der Waals surface area contributed by atoms with Crippen LogP contribution in [0, 0.1) is 0 Å². The van der Waals surface area contributed by atoms with Crippen molar-refractivity contribution in [1.29, 1.82) is 0 Å². The van der Waals surface area contributed by atoms with Crippen molar-refractivity contribution in [1.82, 2.24) is 9.97 Å². The molecule has 0 aromatic carbocycles. The van der Waals surface area contributed by atoms with Gasteiger partial charge in [-0.05, 0) is 25.5 Å². The number of rotatable bonds is 6. The summed E-state index contributed by atoms with van der Waals surface area (Å²) in [5.41, 5.74) is 10.9. The van der Waals surface area contributed by atoms with Gasteiger partial charge in [-0.3, -0.25) is 0 Å². The first-order chi connectivity index (χ1) is 8.65. The number of unbranched alkanes of at least 4 members (excludes halogenated alkanes) is 1. The van der Waals surface area contributed by atoms with Crippen LogP contribution in [0.5, 0.6) is 0 Å². The molecule has 0 spiro atoms. The highest BCUT2D eigenvalue weighted by molar-refractivity contribution is 5.96. The number of aromatic nitrogens is 2. The summed E-state index contributed by atoms with van der Waals surface area (Å²) in [5.74, 6) is -1.58. The highest BCUT2D eigenvalue weighted by Crippen LogP contribution is 2.02. The molecule has 1 aromatic heterocycles. The molecule has 1 heterocycles. The Hall–Kier alpha value is -1.86. The topological polar surface area (TPSA) is 121 Å². The van der Waals surface area contributed by atoms with E-state index in [4.69, 9.17) is 11.5 Å². The Labute approximate surface area is 105 Å². The number of hydrogen-bond donors (Lipinski definition) is 2. The molecule has 0 radical (unpaired) electrons. The van der Waals surface area contributed by atoms with E-state index >= 15 is 0 Å². The molecule has 1 atom stereocenters. The minimum absolute atomic E-state index is 0.0208. The highest BCUT2D eigenvalue weighted by Gasteiger charge is 2.20. The largest absolute Gasteiger partial charge is 0.387 e. The number of hydrogen-bond acceptors (Lipinski definition) is 7. The Morgan fingerprint density at radius 1 is 1.39 bits per heavy atom. The number of carbonyl (C=O) groups is 2. The Bertz CT molecular complexity index is 397. The molecule has 0 saturated carbocycles. The van der Waals surface area contributed by atoms with Crippen molar-refractivity contribution in [2.24, 2.45) is 11.5 Å². The van der Waals surface area contributed by atoms with Crippen LogP contribution in [0.4, 0.5) is 0 Å². The fourth-order valence-corrected chi connectivity index (χ4v) is 1.26. The van der Waals surface area contributed by atoms with Crippen LogP contribution >= 0.6 is 0 Å². The van der Waals surface area contributed by atoms with Gasteiger partial charge in [0.2, 0.25) is 0 Å². The van der Waals surface area contributed by atoms with Crippen molar-refractivity contribution in [2.45, 2.75) is 25.3 Å². The van der Waals surface area contributed by atoms with Crippen LogP contribution in [0.15, 0.2) is 18.6 Å². The standard InChI is InChI=1S/C11H16N4O3/c12-5-2-1-3-8(13)10(16)18-11(17)9-4-6-14-7-15-9/h4,6-8H,1-3,5,12-13H2/t8-/m0/s1. The van der Waals surface area contributed by atoms with Gasteiger partial charge < -0.3 is 16.2 Å². The lowest BCUT2D eigenvalue weighted by molar-refractivity contribution is -0.139. The van der Waals surface area contributed by atoms with Gasteiger partial charge in [-0.15, -0.1) is 0 Å². The normalized spacial score (nSPS) is 11.9. The lowest BCUT2D eigenvalue weighted by atomic mass is 10.1. The molecule has 0 aliphatic rings. The summed E-state index contributed by atoms with van der Waals surface area (Å²) in [5, 5.41) is 0. The van der Waals surface area contributed by atoms with Gasteiger partial charge in [0, 0.05) is 6.20 Å². The van der Waals surface area contributed by atoms with E-state index in [1.807, 2.05) is 0 Å². The van der Waals surface area contributed by atoms with Gasteiger partial charge in [0.1, 0.15) is 12.4 Å². The maximum atomic E-state index is 11.5. The molecule has 98 valence electrons. The van der Waals surface area contributed by atoms with Crippen LogP contribution in [0.2, 0.25) is 0 Å². The molecule has 4 N–H and O–H groups in total. The molecule has 1 aromatic rings. The van der Waals surface area contributed by atoms with Crippen molar-refractivity contribution in [2.75, 3.05) is 6.54 Å². The molecule has 0 unspecified atom stereocenters. The maximum Gasteiger partial charge on any atom is 0.364 e. The lowest BCUT2D eigenvalue weighted by Gasteiger charge is -2.09. The zero-order chi connectivity index (χ0) is 13.4. The molecule has 0 amide bonds. The van der Waals surface area contributed by atoms with E-state index in [1.165, 1.54) is 18.6 Å². The van der Waals surface area contributed by atoms with Crippen molar-refractivity contribution in [3.63, 3.8) is 0 Å². The number of nitrogens with zero attached hydrogens (tertiary/aromatic N) is 2. The Balaban J connectivity index is 2.42. The first kappa shape index (κ1) is 14.2.